The third-order valence-corrected chi connectivity index (χ3v) is 4.88. The maximum Gasteiger partial charge on any atom is 0.407 e. The van der Waals surface area contributed by atoms with E-state index in [4.69, 9.17) is 9.40 Å². The summed E-state index contributed by atoms with van der Waals surface area (Å²) < 4.78 is 7.63. The highest BCUT2D eigenvalue weighted by Gasteiger charge is 2.22. The van der Waals surface area contributed by atoms with Gasteiger partial charge >= 0.3 is 6.09 Å². The standard InChI is InChI=1S/C19H22N4O3/c24-19(25)22-10-3-5-14(9-11-22)20-18-21-16-7-1-2-8-17(16)23(18)13-15-6-4-12-26-15/h1-2,4,6-8,12,14H,3,5,9-11,13H2,(H,20,21)(H,24,25). The summed E-state index contributed by atoms with van der Waals surface area (Å²) in [6, 6.07) is 12.1. The summed E-state index contributed by atoms with van der Waals surface area (Å²) in [5, 5.41) is 12.7. The molecule has 7 nitrogen and oxygen atoms in total. The van der Waals surface area contributed by atoms with Gasteiger partial charge in [0.15, 0.2) is 0 Å². The van der Waals surface area contributed by atoms with Gasteiger partial charge in [-0.05, 0) is 43.5 Å². The van der Waals surface area contributed by atoms with Crippen molar-refractivity contribution in [2.45, 2.75) is 31.8 Å². The van der Waals surface area contributed by atoms with Crippen molar-refractivity contribution in [2.24, 2.45) is 0 Å². The van der Waals surface area contributed by atoms with Gasteiger partial charge in [-0.3, -0.25) is 0 Å². The molecule has 1 aromatic carbocycles. The number of rotatable bonds is 4. The molecule has 1 aliphatic rings. The van der Waals surface area contributed by atoms with Crippen LogP contribution >= 0.6 is 0 Å². The predicted octanol–water partition coefficient (Wildman–Crippen LogP) is 3.62. The van der Waals surface area contributed by atoms with Crippen molar-refractivity contribution >= 4 is 23.1 Å². The van der Waals surface area contributed by atoms with Crippen LogP contribution in [-0.4, -0.2) is 44.8 Å². The summed E-state index contributed by atoms with van der Waals surface area (Å²) in [6.45, 7) is 1.74. The van der Waals surface area contributed by atoms with Gasteiger partial charge in [0.2, 0.25) is 5.95 Å². The van der Waals surface area contributed by atoms with E-state index < -0.39 is 6.09 Å². The summed E-state index contributed by atoms with van der Waals surface area (Å²) >= 11 is 0. The Morgan fingerprint density at radius 2 is 2.12 bits per heavy atom. The molecule has 1 fully saturated rings. The first-order chi connectivity index (χ1) is 12.7. The smallest absolute Gasteiger partial charge is 0.407 e. The molecule has 26 heavy (non-hydrogen) atoms. The molecule has 4 rings (SSSR count). The van der Waals surface area contributed by atoms with E-state index in [2.05, 4.69) is 16.0 Å². The number of benzene rings is 1. The zero-order chi connectivity index (χ0) is 17.9. The van der Waals surface area contributed by atoms with Crippen molar-refractivity contribution in [3.63, 3.8) is 0 Å². The van der Waals surface area contributed by atoms with Gasteiger partial charge in [0.05, 0.1) is 23.8 Å². The number of hydrogen-bond donors (Lipinski definition) is 2. The molecule has 3 aromatic rings. The maximum absolute atomic E-state index is 11.2. The second-order valence-electron chi connectivity index (χ2n) is 6.63. The summed E-state index contributed by atoms with van der Waals surface area (Å²) in [7, 11) is 0. The highest BCUT2D eigenvalue weighted by molar-refractivity contribution is 5.78. The Labute approximate surface area is 151 Å². The lowest BCUT2D eigenvalue weighted by Gasteiger charge is -2.19. The molecule has 0 aliphatic carbocycles. The largest absolute Gasteiger partial charge is 0.467 e. The van der Waals surface area contributed by atoms with Gasteiger partial charge in [0, 0.05) is 19.1 Å². The lowest BCUT2D eigenvalue weighted by atomic mass is 10.1. The number of para-hydroxylation sites is 2. The normalized spacial score (nSPS) is 18.0. The molecule has 136 valence electrons. The Kier molecular flexibility index (Phi) is 4.51. The van der Waals surface area contributed by atoms with Gasteiger partial charge < -0.3 is 24.3 Å². The molecule has 0 bridgehead atoms. The first-order valence-electron chi connectivity index (χ1n) is 8.93. The number of carbonyl (C=O) groups is 1. The predicted molar refractivity (Wildman–Crippen MR) is 98.4 cm³/mol. The number of hydrogen-bond acceptors (Lipinski definition) is 4. The monoisotopic (exact) mass is 354 g/mol. The fourth-order valence-corrected chi connectivity index (χ4v) is 3.52. The van der Waals surface area contributed by atoms with Gasteiger partial charge in [-0.2, -0.15) is 0 Å². The third kappa shape index (κ3) is 3.37. The van der Waals surface area contributed by atoms with Crippen LogP contribution in [0.4, 0.5) is 10.7 Å². The van der Waals surface area contributed by atoms with Crippen LogP contribution in [0, 0.1) is 0 Å². The molecule has 7 heteroatoms. The third-order valence-electron chi connectivity index (χ3n) is 4.88. The van der Waals surface area contributed by atoms with Crippen LogP contribution in [-0.2, 0) is 6.54 Å². The SMILES string of the molecule is O=C(O)N1CCCC(Nc2nc3ccccc3n2Cc2ccco2)CC1. The molecule has 0 saturated carbocycles. The number of aromatic nitrogens is 2. The minimum Gasteiger partial charge on any atom is -0.467 e. The van der Waals surface area contributed by atoms with Crippen molar-refractivity contribution in [3.8, 4) is 0 Å². The van der Waals surface area contributed by atoms with Crippen molar-refractivity contribution in [2.75, 3.05) is 18.4 Å². The summed E-state index contributed by atoms with van der Waals surface area (Å²) in [6.07, 6.45) is 3.38. The average molecular weight is 354 g/mol. The Hall–Kier alpha value is -2.96. The molecule has 1 unspecified atom stereocenters. The Morgan fingerprint density at radius 3 is 2.92 bits per heavy atom. The number of fused-ring (bicyclic) bond motifs is 1. The number of anilines is 1. The zero-order valence-electron chi connectivity index (χ0n) is 14.5. The van der Waals surface area contributed by atoms with E-state index >= 15 is 0 Å². The molecular weight excluding hydrogens is 332 g/mol. The quantitative estimate of drug-likeness (QED) is 0.748. The number of nitrogens with one attached hydrogen (secondary N) is 1. The Bertz CT molecular complexity index is 887. The maximum atomic E-state index is 11.2. The van der Waals surface area contributed by atoms with Crippen LogP contribution in [0.3, 0.4) is 0 Å². The molecule has 1 atom stereocenters. The van der Waals surface area contributed by atoms with E-state index in [0.29, 0.717) is 19.6 Å². The second kappa shape index (κ2) is 7.11. The van der Waals surface area contributed by atoms with E-state index in [1.807, 2.05) is 30.3 Å². The first-order valence-corrected chi connectivity index (χ1v) is 8.93. The minimum atomic E-state index is -0.837. The Balaban J connectivity index is 1.58. The van der Waals surface area contributed by atoms with Gasteiger partial charge in [-0.15, -0.1) is 0 Å². The van der Waals surface area contributed by atoms with Crippen molar-refractivity contribution in [1.29, 1.82) is 0 Å². The molecule has 1 aliphatic heterocycles. The molecule has 2 aromatic heterocycles. The number of furan rings is 1. The molecule has 3 heterocycles. The van der Waals surface area contributed by atoms with E-state index in [-0.39, 0.29) is 6.04 Å². The number of likely N-dealkylation sites (tertiary alicyclic amines) is 1. The fraction of sp³-hybridized carbons (Fsp3) is 0.368. The van der Waals surface area contributed by atoms with Crippen LogP contribution in [0.15, 0.2) is 47.1 Å². The second-order valence-corrected chi connectivity index (χ2v) is 6.63. The fourth-order valence-electron chi connectivity index (χ4n) is 3.52. The van der Waals surface area contributed by atoms with Crippen LogP contribution < -0.4 is 5.32 Å². The number of carboxylic acid groups (broad SMARTS) is 1. The topological polar surface area (TPSA) is 83.5 Å². The summed E-state index contributed by atoms with van der Waals surface area (Å²) in [4.78, 5) is 17.4. The van der Waals surface area contributed by atoms with Gasteiger partial charge in [-0.1, -0.05) is 12.1 Å². The lowest BCUT2D eigenvalue weighted by molar-refractivity contribution is 0.147. The zero-order valence-corrected chi connectivity index (χ0v) is 14.5. The number of nitrogens with zero attached hydrogens (tertiary/aromatic N) is 3. The summed E-state index contributed by atoms with van der Waals surface area (Å²) in [5.74, 6) is 1.67. The average Bonchev–Trinajstić information content (AvgIpc) is 3.19. The summed E-state index contributed by atoms with van der Waals surface area (Å²) in [5.41, 5.74) is 1.98. The van der Waals surface area contributed by atoms with E-state index in [1.165, 1.54) is 4.90 Å². The van der Waals surface area contributed by atoms with Crippen LogP contribution in [0.25, 0.3) is 11.0 Å². The molecule has 1 amide bonds. The highest BCUT2D eigenvalue weighted by Crippen LogP contribution is 2.24. The molecule has 0 radical (unpaired) electrons. The van der Waals surface area contributed by atoms with Gasteiger partial charge in [-0.25, -0.2) is 9.78 Å². The van der Waals surface area contributed by atoms with Crippen LogP contribution in [0.1, 0.15) is 25.0 Å². The molecule has 0 spiro atoms. The van der Waals surface area contributed by atoms with Gasteiger partial charge in [0.1, 0.15) is 5.76 Å². The van der Waals surface area contributed by atoms with Crippen LogP contribution in [0.5, 0.6) is 0 Å². The van der Waals surface area contributed by atoms with Crippen molar-refractivity contribution < 1.29 is 14.3 Å². The van der Waals surface area contributed by atoms with Gasteiger partial charge in [0.25, 0.3) is 0 Å². The van der Waals surface area contributed by atoms with E-state index in [9.17, 15) is 9.90 Å². The van der Waals surface area contributed by atoms with E-state index in [0.717, 1.165) is 42.0 Å². The van der Waals surface area contributed by atoms with E-state index in [1.54, 1.807) is 6.26 Å². The number of imidazole rings is 1. The lowest BCUT2D eigenvalue weighted by Crippen LogP contribution is -2.31. The highest BCUT2D eigenvalue weighted by atomic mass is 16.4. The number of amides is 1. The minimum absolute atomic E-state index is 0.200. The molecule has 1 saturated heterocycles. The first kappa shape index (κ1) is 16.5. The molecular formula is C19H22N4O3. The van der Waals surface area contributed by atoms with Crippen molar-refractivity contribution in [1.82, 2.24) is 14.5 Å². The van der Waals surface area contributed by atoms with Crippen molar-refractivity contribution in [3.05, 3.63) is 48.4 Å². The van der Waals surface area contributed by atoms with Crippen LogP contribution in [0.2, 0.25) is 0 Å². The Morgan fingerprint density at radius 1 is 1.23 bits per heavy atom. The molecule has 2 N–H and O–H groups in total.